The van der Waals surface area contributed by atoms with Gasteiger partial charge in [-0.25, -0.2) is 13.1 Å². The molecule has 3 N–H and O–H groups in total. The molecule has 20 heavy (non-hydrogen) atoms. The van der Waals surface area contributed by atoms with Crippen LogP contribution in [-0.4, -0.2) is 33.2 Å². The Bertz CT molecular complexity index is 475. The Morgan fingerprint density at radius 1 is 1.35 bits per heavy atom. The monoisotopic (exact) mass is 303 g/mol. The minimum atomic E-state index is -3.43. The minimum Gasteiger partial charge on any atom is -0.385 e. The number of aromatic nitrogens is 1. The summed E-state index contributed by atoms with van der Waals surface area (Å²) in [5.74, 6) is 0. The van der Waals surface area contributed by atoms with Crippen LogP contribution in [-0.2, 0) is 27.8 Å². The molecule has 1 rings (SSSR count). The summed E-state index contributed by atoms with van der Waals surface area (Å²) in [4.78, 5) is 0.289. The maximum Gasteiger partial charge on any atom is 0.242 e. The van der Waals surface area contributed by atoms with Gasteiger partial charge in [0.05, 0.1) is 4.90 Å². The second-order valence-corrected chi connectivity index (χ2v) is 6.38. The molecule has 0 amide bonds. The third-order valence-corrected chi connectivity index (χ3v) is 4.57. The van der Waals surface area contributed by atoms with Crippen molar-refractivity contribution in [2.75, 3.05) is 20.3 Å². The smallest absolute Gasteiger partial charge is 0.242 e. The lowest BCUT2D eigenvalue weighted by atomic mass is 10.2. The average Bonchev–Trinajstić information content (AvgIpc) is 2.86. The van der Waals surface area contributed by atoms with Gasteiger partial charge in [-0.3, -0.25) is 0 Å². The summed E-state index contributed by atoms with van der Waals surface area (Å²) in [6.07, 6.45) is 4.33. The molecule has 0 aliphatic rings. The molecule has 1 aromatic rings. The van der Waals surface area contributed by atoms with Crippen molar-refractivity contribution in [3.8, 4) is 0 Å². The van der Waals surface area contributed by atoms with E-state index in [2.05, 4.69) is 4.72 Å². The summed E-state index contributed by atoms with van der Waals surface area (Å²) in [5, 5.41) is 0. The second-order valence-electron chi connectivity index (χ2n) is 4.61. The van der Waals surface area contributed by atoms with Gasteiger partial charge in [-0.05, 0) is 32.3 Å². The lowest BCUT2D eigenvalue weighted by Gasteiger charge is -2.05. The van der Waals surface area contributed by atoms with E-state index >= 15 is 0 Å². The average molecular weight is 303 g/mol. The number of aryl methyl sites for hydroxylation is 1. The molecule has 116 valence electrons. The predicted molar refractivity (Wildman–Crippen MR) is 78.9 cm³/mol. The summed E-state index contributed by atoms with van der Waals surface area (Å²) < 4.78 is 33.7. The first-order valence-corrected chi connectivity index (χ1v) is 8.41. The molecule has 0 aromatic carbocycles. The van der Waals surface area contributed by atoms with Gasteiger partial charge in [0, 0.05) is 45.2 Å². The van der Waals surface area contributed by atoms with Crippen molar-refractivity contribution in [1.29, 1.82) is 0 Å². The van der Waals surface area contributed by atoms with Gasteiger partial charge in [0.25, 0.3) is 0 Å². The zero-order valence-corrected chi connectivity index (χ0v) is 13.1. The standard InChI is InChI=1S/C13H25N3O3S/c1-3-16-11-13(9-12(16)10-14)20(17,18)15-7-5-4-6-8-19-2/h9,11,15H,3-8,10,14H2,1-2H3. The summed E-state index contributed by atoms with van der Waals surface area (Å²) in [5.41, 5.74) is 6.43. The van der Waals surface area contributed by atoms with Gasteiger partial charge in [0.2, 0.25) is 10.0 Å². The number of ether oxygens (including phenoxy) is 1. The van der Waals surface area contributed by atoms with Crippen molar-refractivity contribution in [2.24, 2.45) is 5.73 Å². The van der Waals surface area contributed by atoms with Gasteiger partial charge in [-0.15, -0.1) is 0 Å². The first-order chi connectivity index (χ1) is 9.55. The maximum atomic E-state index is 12.1. The van der Waals surface area contributed by atoms with Crippen molar-refractivity contribution in [3.63, 3.8) is 0 Å². The van der Waals surface area contributed by atoms with Gasteiger partial charge < -0.3 is 15.0 Å². The van der Waals surface area contributed by atoms with E-state index in [9.17, 15) is 8.42 Å². The highest BCUT2D eigenvalue weighted by Crippen LogP contribution is 2.14. The van der Waals surface area contributed by atoms with Crippen molar-refractivity contribution in [1.82, 2.24) is 9.29 Å². The lowest BCUT2D eigenvalue weighted by molar-refractivity contribution is 0.192. The topological polar surface area (TPSA) is 86.3 Å². The third kappa shape index (κ3) is 4.90. The molecular weight excluding hydrogens is 278 g/mol. The Labute approximate surface area is 121 Å². The summed E-state index contributed by atoms with van der Waals surface area (Å²) in [7, 11) is -1.77. The van der Waals surface area contributed by atoms with E-state index in [1.54, 1.807) is 19.4 Å². The third-order valence-electron chi connectivity index (χ3n) is 3.14. The van der Waals surface area contributed by atoms with Crippen LogP contribution >= 0.6 is 0 Å². The molecule has 0 saturated carbocycles. The molecule has 7 heteroatoms. The number of methoxy groups -OCH3 is 1. The van der Waals surface area contributed by atoms with Gasteiger partial charge in [0.15, 0.2) is 0 Å². The van der Waals surface area contributed by atoms with Gasteiger partial charge in [-0.1, -0.05) is 0 Å². The molecule has 0 aliphatic carbocycles. The van der Waals surface area contributed by atoms with Crippen molar-refractivity contribution in [3.05, 3.63) is 18.0 Å². The number of nitrogens with zero attached hydrogens (tertiary/aromatic N) is 1. The first kappa shape index (κ1) is 17.2. The predicted octanol–water partition coefficient (Wildman–Crippen LogP) is 1.06. The Hall–Kier alpha value is -0.890. The molecule has 0 aliphatic heterocycles. The number of nitrogens with one attached hydrogen (secondary N) is 1. The van der Waals surface area contributed by atoms with Crippen LogP contribution in [0.1, 0.15) is 31.9 Å². The SMILES string of the molecule is CCn1cc(S(=O)(=O)NCCCCCOC)cc1CN. The number of rotatable bonds is 10. The van der Waals surface area contributed by atoms with Crippen molar-refractivity contribution >= 4 is 10.0 Å². The van der Waals surface area contributed by atoms with Crippen LogP contribution in [0.25, 0.3) is 0 Å². The molecular formula is C13H25N3O3S. The molecule has 1 heterocycles. The Morgan fingerprint density at radius 3 is 2.65 bits per heavy atom. The largest absolute Gasteiger partial charge is 0.385 e. The zero-order chi connectivity index (χ0) is 15.0. The van der Waals surface area contributed by atoms with Crippen LogP contribution in [0.3, 0.4) is 0 Å². The molecule has 0 atom stereocenters. The molecule has 0 spiro atoms. The zero-order valence-electron chi connectivity index (χ0n) is 12.3. The van der Waals surface area contributed by atoms with Crippen LogP contribution in [0.2, 0.25) is 0 Å². The number of sulfonamides is 1. The van der Waals surface area contributed by atoms with Crippen molar-refractivity contribution < 1.29 is 13.2 Å². The minimum absolute atomic E-state index is 0.289. The van der Waals surface area contributed by atoms with E-state index in [0.29, 0.717) is 26.2 Å². The first-order valence-electron chi connectivity index (χ1n) is 6.93. The highest BCUT2D eigenvalue weighted by molar-refractivity contribution is 7.89. The fourth-order valence-corrected chi connectivity index (χ4v) is 3.11. The molecule has 0 fully saturated rings. The van der Waals surface area contributed by atoms with E-state index in [0.717, 1.165) is 25.0 Å². The van der Waals surface area contributed by atoms with E-state index in [1.165, 1.54) is 0 Å². The van der Waals surface area contributed by atoms with Gasteiger partial charge in [0.1, 0.15) is 0 Å². The Balaban J connectivity index is 2.54. The molecule has 1 aromatic heterocycles. The number of nitrogens with two attached hydrogens (primary N) is 1. The summed E-state index contributed by atoms with van der Waals surface area (Å²) >= 11 is 0. The van der Waals surface area contributed by atoms with Crippen LogP contribution in [0.15, 0.2) is 17.2 Å². The highest BCUT2D eigenvalue weighted by Gasteiger charge is 2.16. The number of unbranched alkanes of at least 4 members (excludes halogenated alkanes) is 2. The van der Waals surface area contributed by atoms with Crippen LogP contribution < -0.4 is 10.5 Å². The number of hydrogen-bond acceptors (Lipinski definition) is 4. The van der Waals surface area contributed by atoms with E-state index in [4.69, 9.17) is 10.5 Å². The van der Waals surface area contributed by atoms with Crippen LogP contribution in [0, 0.1) is 0 Å². The molecule has 6 nitrogen and oxygen atoms in total. The van der Waals surface area contributed by atoms with Gasteiger partial charge >= 0.3 is 0 Å². The summed E-state index contributed by atoms with van der Waals surface area (Å²) in [6, 6.07) is 1.64. The Kier molecular flexibility index (Phi) is 7.22. The van der Waals surface area contributed by atoms with E-state index in [-0.39, 0.29) is 4.90 Å². The summed E-state index contributed by atoms with van der Waals surface area (Å²) in [6.45, 7) is 4.16. The normalized spacial score (nSPS) is 11.9. The molecule has 0 unspecified atom stereocenters. The van der Waals surface area contributed by atoms with Crippen LogP contribution in [0.4, 0.5) is 0 Å². The van der Waals surface area contributed by atoms with E-state index < -0.39 is 10.0 Å². The molecule has 0 radical (unpaired) electrons. The Morgan fingerprint density at radius 2 is 2.10 bits per heavy atom. The fourth-order valence-electron chi connectivity index (χ4n) is 1.98. The second kappa shape index (κ2) is 8.41. The fraction of sp³-hybridized carbons (Fsp3) is 0.692. The van der Waals surface area contributed by atoms with Gasteiger partial charge in [-0.2, -0.15) is 0 Å². The number of hydrogen-bond donors (Lipinski definition) is 2. The maximum absolute atomic E-state index is 12.1. The van der Waals surface area contributed by atoms with Crippen molar-refractivity contribution in [2.45, 2.75) is 44.2 Å². The highest BCUT2D eigenvalue weighted by atomic mass is 32.2. The molecule has 0 bridgehead atoms. The quantitative estimate of drug-likeness (QED) is 0.633. The molecule has 0 saturated heterocycles. The van der Waals surface area contributed by atoms with Crippen LogP contribution in [0.5, 0.6) is 0 Å². The lowest BCUT2D eigenvalue weighted by Crippen LogP contribution is -2.24. The van der Waals surface area contributed by atoms with E-state index in [1.807, 2.05) is 11.5 Å².